The van der Waals surface area contributed by atoms with Gasteiger partial charge in [0.2, 0.25) is 0 Å². The van der Waals surface area contributed by atoms with Crippen LogP contribution < -0.4 is 0 Å². The highest BCUT2D eigenvalue weighted by molar-refractivity contribution is 5.92. The van der Waals surface area contributed by atoms with E-state index in [1.165, 1.54) is 10.9 Å². The molecule has 1 saturated heterocycles. The maximum atomic E-state index is 11.6. The van der Waals surface area contributed by atoms with Gasteiger partial charge in [-0.05, 0) is 0 Å². The number of imide groups is 1. The maximum absolute atomic E-state index is 11.6. The quantitative estimate of drug-likeness (QED) is 0.691. The summed E-state index contributed by atoms with van der Waals surface area (Å²) in [5, 5.41) is 16.0. The van der Waals surface area contributed by atoms with Gasteiger partial charge in [-0.1, -0.05) is 5.21 Å². The third-order valence-electron chi connectivity index (χ3n) is 2.11. The summed E-state index contributed by atoms with van der Waals surface area (Å²) < 4.78 is 5.89. The van der Waals surface area contributed by atoms with Crippen LogP contribution in [0.15, 0.2) is 6.20 Å². The lowest BCUT2D eigenvalue weighted by Gasteiger charge is -2.09. The third kappa shape index (κ3) is 2.01. The van der Waals surface area contributed by atoms with E-state index >= 15 is 0 Å². The molecule has 0 spiro atoms. The van der Waals surface area contributed by atoms with Gasteiger partial charge in [-0.2, -0.15) is 0 Å². The Labute approximate surface area is 90.4 Å². The van der Waals surface area contributed by atoms with Crippen molar-refractivity contribution in [2.45, 2.75) is 13.2 Å². The predicted octanol–water partition coefficient (Wildman–Crippen LogP) is -1.25. The van der Waals surface area contributed by atoms with Crippen molar-refractivity contribution in [3.8, 4) is 0 Å². The van der Waals surface area contributed by atoms with Crippen molar-refractivity contribution >= 4 is 12.0 Å². The molecule has 1 N–H and O–H groups in total. The van der Waals surface area contributed by atoms with Gasteiger partial charge in [-0.15, -0.1) is 5.10 Å². The monoisotopic (exact) mass is 226 g/mol. The molecular formula is C8H10N4O4. The fourth-order valence-electron chi connectivity index (χ4n) is 1.33. The first-order chi connectivity index (χ1) is 7.70. The molecule has 1 fully saturated rings. The highest BCUT2D eigenvalue weighted by Gasteiger charge is 2.28. The topological polar surface area (TPSA) is 97.6 Å². The van der Waals surface area contributed by atoms with Crippen LogP contribution in [0, 0.1) is 0 Å². The maximum Gasteiger partial charge on any atom is 0.416 e. The van der Waals surface area contributed by atoms with E-state index in [1.807, 2.05) is 0 Å². The first-order valence-corrected chi connectivity index (χ1v) is 4.67. The molecule has 0 bridgehead atoms. The smallest absolute Gasteiger partial charge is 0.416 e. The normalized spacial score (nSPS) is 15.3. The fraction of sp³-hybridized carbons (Fsp3) is 0.500. The zero-order valence-electron chi connectivity index (χ0n) is 8.37. The van der Waals surface area contributed by atoms with Crippen LogP contribution >= 0.6 is 0 Å². The molecular weight excluding hydrogens is 216 g/mol. The van der Waals surface area contributed by atoms with E-state index in [2.05, 4.69) is 15.0 Å². The standard InChI is InChI=1S/C8H10N4O4/c13-5-6-3-11(10-9-6)4-7(14)12-1-2-16-8(12)15/h3,13H,1-2,4-5H2. The number of carbonyl (C=O) groups excluding carboxylic acids is 2. The lowest BCUT2D eigenvalue weighted by Crippen LogP contribution is -2.34. The van der Waals surface area contributed by atoms with E-state index < -0.39 is 12.0 Å². The summed E-state index contributed by atoms with van der Waals surface area (Å²) in [7, 11) is 0. The molecule has 1 aliphatic rings. The van der Waals surface area contributed by atoms with Gasteiger partial charge in [0.15, 0.2) is 0 Å². The lowest BCUT2D eigenvalue weighted by atomic mass is 10.5. The minimum atomic E-state index is -0.632. The third-order valence-corrected chi connectivity index (χ3v) is 2.11. The molecule has 0 atom stereocenters. The van der Waals surface area contributed by atoms with E-state index in [0.29, 0.717) is 5.69 Å². The average molecular weight is 226 g/mol. The van der Waals surface area contributed by atoms with Crippen molar-refractivity contribution in [1.29, 1.82) is 0 Å². The summed E-state index contributed by atoms with van der Waals surface area (Å²) >= 11 is 0. The number of hydrogen-bond donors (Lipinski definition) is 1. The molecule has 0 unspecified atom stereocenters. The second kappa shape index (κ2) is 4.27. The Morgan fingerprint density at radius 1 is 1.62 bits per heavy atom. The van der Waals surface area contributed by atoms with Crippen molar-refractivity contribution in [2.24, 2.45) is 0 Å². The summed E-state index contributed by atoms with van der Waals surface area (Å²) in [4.78, 5) is 23.7. The van der Waals surface area contributed by atoms with Gasteiger partial charge in [0.05, 0.1) is 19.3 Å². The van der Waals surface area contributed by atoms with Gasteiger partial charge in [0, 0.05) is 0 Å². The second-order valence-corrected chi connectivity index (χ2v) is 3.23. The molecule has 86 valence electrons. The molecule has 1 aromatic heterocycles. The van der Waals surface area contributed by atoms with Crippen molar-refractivity contribution in [3.05, 3.63) is 11.9 Å². The molecule has 1 aromatic rings. The number of aliphatic hydroxyl groups excluding tert-OH is 1. The molecule has 2 rings (SSSR count). The Bertz CT molecular complexity index is 416. The SMILES string of the molecule is O=C(Cn1cc(CO)nn1)N1CCOC1=O. The summed E-state index contributed by atoms with van der Waals surface area (Å²) in [5.74, 6) is -0.406. The first-order valence-electron chi connectivity index (χ1n) is 4.67. The number of carbonyl (C=O) groups is 2. The van der Waals surface area contributed by atoms with Crippen molar-refractivity contribution < 1.29 is 19.4 Å². The van der Waals surface area contributed by atoms with Gasteiger partial charge in [0.1, 0.15) is 18.8 Å². The molecule has 8 nitrogen and oxygen atoms in total. The van der Waals surface area contributed by atoms with Crippen LogP contribution in [0.4, 0.5) is 4.79 Å². The molecule has 2 amide bonds. The van der Waals surface area contributed by atoms with Gasteiger partial charge < -0.3 is 9.84 Å². The van der Waals surface area contributed by atoms with Crippen molar-refractivity contribution in [1.82, 2.24) is 19.9 Å². The molecule has 8 heteroatoms. The Balaban J connectivity index is 1.99. The zero-order chi connectivity index (χ0) is 11.5. The number of nitrogens with zero attached hydrogens (tertiary/aromatic N) is 4. The Morgan fingerprint density at radius 2 is 2.44 bits per heavy atom. The van der Waals surface area contributed by atoms with Gasteiger partial charge >= 0.3 is 6.09 Å². The minimum absolute atomic E-state index is 0.0951. The Kier molecular flexibility index (Phi) is 2.82. The molecule has 0 saturated carbocycles. The second-order valence-electron chi connectivity index (χ2n) is 3.23. The van der Waals surface area contributed by atoms with Crippen molar-refractivity contribution in [2.75, 3.05) is 13.2 Å². The number of cyclic esters (lactones) is 1. The first kappa shape index (κ1) is 10.6. The van der Waals surface area contributed by atoms with Crippen LogP contribution in [0.3, 0.4) is 0 Å². The molecule has 0 radical (unpaired) electrons. The number of aromatic nitrogens is 3. The van der Waals surface area contributed by atoms with E-state index in [9.17, 15) is 9.59 Å². The number of ether oxygens (including phenoxy) is 1. The van der Waals surface area contributed by atoms with Gasteiger partial charge in [-0.3, -0.25) is 4.79 Å². The highest BCUT2D eigenvalue weighted by Crippen LogP contribution is 2.04. The average Bonchev–Trinajstić information content (AvgIpc) is 2.86. The van der Waals surface area contributed by atoms with E-state index in [0.717, 1.165) is 4.90 Å². The van der Waals surface area contributed by atoms with Crippen LogP contribution in [0.2, 0.25) is 0 Å². The van der Waals surface area contributed by atoms with Gasteiger partial charge in [-0.25, -0.2) is 14.4 Å². The predicted molar refractivity (Wildman–Crippen MR) is 49.0 cm³/mol. The molecule has 2 heterocycles. The molecule has 0 aliphatic carbocycles. The van der Waals surface area contributed by atoms with Crippen molar-refractivity contribution in [3.63, 3.8) is 0 Å². The summed E-state index contributed by atoms with van der Waals surface area (Å²) in [5.41, 5.74) is 0.372. The minimum Gasteiger partial charge on any atom is -0.447 e. The summed E-state index contributed by atoms with van der Waals surface area (Å²) in [6.07, 6.45) is 0.812. The summed E-state index contributed by atoms with van der Waals surface area (Å²) in [6, 6.07) is 0. The zero-order valence-corrected chi connectivity index (χ0v) is 8.37. The number of aliphatic hydroxyl groups is 1. The Morgan fingerprint density at radius 3 is 3.00 bits per heavy atom. The van der Waals surface area contributed by atoms with Gasteiger partial charge in [0.25, 0.3) is 5.91 Å². The van der Waals surface area contributed by atoms with Crippen LogP contribution in [0.5, 0.6) is 0 Å². The molecule has 16 heavy (non-hydrogen) atoms. The highest BCUT2D eigenvalue weighted by atomic mass is 16.6. The fourth-order valence-corrected chi connectivity index (χ4v) is 1.33. The molecule has 0 aromatic carbocycles. The molecule has 1 aliphatic heterocycles. The summed E-state index contributed by atoms with van der Waals surface area (Å²) in [6.45, 7) is 0.158. The van der Waals surface area contributed by atoms with Crippen LogP contribution in [-0.4, -0.2) is 50.2 Å². The number of rotatable bonds is 3. The van der Waals surface area contributed by atoms with E-state index in [1.54, 1.807) is 0 Å². The van der Waals surface area contributed by atoms with E-state index in [-0.39, 0.29) is 26.3 Å². The van der Waals surface area contributed by atoms with Crippen LogP contribution in [0.1, 0.15) is 5.69 Å². The number of hydrogen-bond acceptors (Lipinski definition) is 6. The van der Waals surface area contributed by atoms with Crippen LogP contribution in [0.25, 0.3) is 0 Å². The lowest BCUT2D eigenvalue weighted by molar-refractivity contribution is -0.128. The number of amides is 2. The largest absolute Gasteiger partial charge is 0.447 e. The Hall–Kier alpha value is -1.96. The van der Waals surface area contributed by atoms with Crippen LogP contribution in [-0.2, 0) is 22.7 Å². The van der Waals surface area contributed by atoms with E-state index in [4.69, 9.17) is 5.11 Å².